The first kappa shape index (κ1) is 42.7. The molecular formula is C42H51N6O6P. The standard InChI is InChI=1S/C42H51N6O6P/c1-31(2)48(32(3)4)55(53-27-13-26-43)54-39(17-12-14-33-28-44-41(46-40(33)49)45-30-47(5)6)29-52-42(34-15-10-9-11-16-34,35-18-22-37(50-7)23-19-35)36-20-24-38(51-8)25-21-36/h9-11,15-16,18-25,28,30-32,39H,13,17,27,29H2,1-8H3,(H,44,46,49)/t39-,55?/m0/s1. The Morgan fingerprint density at radius 1 is 0.909 bits per heavy atom. The zero-order chi connectivity index (χ0) is 39.8. The van der Waals surface area contributed by atoms with Crippen molar-refractivity contribution in [2.45, 2.75) is 64.3 Å². The molecule has 290 valence electrons. The summed E-state index contributed by atoms with van der Waals surface area (Å²) in [4.78, 5) is 25.8. The predicted octanol–water partition coefficient (Wildman–Crippen LogP) is 7.42. The quantitative estimate of drug-likeness (QED) is 0.0257. The van der Waals surface area contributed by atoms with E-state index in [1.165, 1.54) is 6.20 Å². The van der Waals surface area contributed by atoms with Crippen LogP contribution in [0, 0.1) is 23.2 Å². The highest BCUT2D eigenvalue weighted by atomic mass is 31.2. The van der Waals surface area contributed by atoms with Crippen molar-refractivity contribution >= 4 is 20.8 Å². The van der Waals surface area contributed by atoms with E-state index in [2.05, 4.69) is 65.2 Å². The predicted molar refractivity (Wildman–Crippen MR) is 217 cm³/mol. The van der Waals surface area contributed by atoms with Crippen molar-refractivity contribution in [1.82, 2.24) is 19.5 Å². The Morgan fingerprint density at radius 3 is 2.00 bits per heavy atom. The Balaban J connectivity index is 1.82. The molecule has 1 N–H and O–H groups in total. The number of nitrogens with zero attached hydrogens (tertiary/aromatic N) is 5. The average Bonchev–Trinajstić information content (AvgIpc) is 3.18. The van der Waals surface area contributed by atoms with Crippen LogP contribution in [0.4, 0.5) is 5.95 Å². The van der Waals surface area contributed by atoms with E-state index in [-0.39, 0.29) is 49.7 Å². The Kier molecular flexibility index (Phi) is 16.4. The summed E-state index contributed by atoms with van der Waals surface area (Å²) in [6.07, 6.45) is 2.80. The van der Waals surface area contributed by atoms with E-state index in [4.69, 9.17) is 23.3 Å². The van der Waals surface area contributed by atoms with Crippen LogP contribution >= 0.6 is 8.53 Å². The van der Waals surface area contributed by atoms with E-state index in [0.717, 1.165) is 16.7 Å². The van der Waals surface area contributed by atoms with Crippen molar-refractivity contribution in [3.8, 4) is 29.4 Å². The van der Waals surface area contributed by atoms with Gasteiger partial charge in [0.05, 0.1) is 52.4 Å². The molecule has 0 saturated heterocycles. The monoisotopic (exact) mass is 766 g/mol. The van der Waals surface area contributed by atoms with Gasteiger partial charge in [-0.1, -0.05) is 66.4 Å². The third-order valence-electron chi connectivity index (χ3n) is 8.31. The molecule has 55 heavy (non-hydrogen) atoms. The molecule has 1 aromatic heterocycles. The topological polar surface area (TPSA) is 135 Å². The summed E-state index contributed by atoms with van der Waals surface area (Å²) in [5, 5.41) is 9.33. The zero-order valence-corrected chi connectivity index (χ0v) is 33.7. The molecule has 0 amide bonds. The number of ether oxygens (including phenoxy) is 3. The Bertz CT molecular complexity index is 1910. The van der Waals surface area contributed by atoms with Crippen molar-refractivity contribution in [1.29, 1.82) is 5.26 Å². The van der Waals surface area contributed by atoms with Crippen molar-refractivity contribution in [2.75, 3.05) is 41.5 Å². The summed E-state index contributed by atoms with van der Waals surface area (Å²) in [5.41, 5.74) is 1.20. The molecule has 13 heteroatoms. The minimum Gasteiger partial charge on any atom is -0.497 e. The molecule has 0 spiro atoms. The van der Waals surface area contributed by atoms with Crippen molar-refractivity contribution in [3.05, 3.63) is 118 Å². The van der Waals surface area contributed by atoms with Crippen molar-refractivity contribution in [2.24, 2.45) is 4.99 Å². The number of nitriles is 1. The second kappa shape index (κ2) is 21.1. The fourth-order valence-corrected chi connectivity index (χ4v) is 7.51. The van der Waals surface area contributed by atoms with Gasteiger partial charge >= 0.3 is 0 Å². The number of aromatic amines is 1. The Hall–Kier alpha value is -5.07. The van der Waals surface area contributed by atoms with Crippen LogP contribution in [-0.2, 0) is 19.4 Å². The fourth-order valence-electron chi connectivity index (χ4n) is 5.81. The Morgan fingerprint density at radius 2 is 1.49 bits per heavy atom. The first-order valence-electron chi connectivity index (χ1n) is 18.0. The van der Waals surface area contributed by atoms with Crippen LogP contribution in [0.2, 0.25) is 0 Å². The summed E-state index contributed by atoms with van der Waals surface area (Å²) >= 11 is 0. The second-order valence-electron chi connectivity index (χ2n) is 13.2. The maximum absolute atomic E-state index is 12.9. The highest BCUT2D eigenvalue weighted by Crippen LogP contribution is 2.48. The van der Waals surface area contributed by atoms with Crippen LogP contribution in [0.5, 0.6) is 11.5 Å². The molecule has 0 radical (unpaired) electrons. The number of H-pyrrole nitrogens is 1. The highest BCUT2D eigenvalue weighted by molar-refractivity contribution is 7.44. The lowest BCUT2D eigenvalue weighted by Gasteiger charge is -2.39. The van der Waals surface area contributed by atoms with E-state index in [1.54, 1.807) is 25.5 Å². The third-order valence-corrected chi connectivity index (χ3v) is 10.5. The molecule has 0 bridgehead atoms. The maximum Gasteiger partial charge on any atom is 0.290 e. The van der Waals surface area contributed by atoms with Gasteiger partial charge in [-0.3, -0.25) is 4.79 Å². The summed E-state index contributed by atoms with van der Waals surface area (Å²) in [7, 11) is 5.25. The molecule has 0 fully saturated rings. The molecule has 0 saturated carbocycles. The van der Waals surface area contributed by atoms with Gasteiger partial charge in [-0.2, -0.15) is 10.2 Å². The molecule has 4 aromatic rings. The van der Waals surface area contributed by atoms with Gasteiger partial charge in [0.1, 0.15) is 22.7 Å². The second-order valence-corrected chi connectivity index (χ2v) is 14.7. The molecule has 0 aliphatic carbocycles. The zero-order valence-electron chi connectivity index (χ0n) is 32.9. The van der Waals surface area contributed by atoms with Crippen LogP contribution in [0.3, 0.4) is 0 Å². The van der Waals surface area contributed by atoms with E-state index in [0.29, 0.717) is 11.5 Å². The number of benzene rings is 3. The summed E-state index contributed by atoms with van der Waals surface area (Å²) in [6, 6.07) is 27.9. The van der Waals surface area contributed by atoms with E-state index < -0.39 is 25.8 Å². The van der Waals surface area contributed by atoms with Gasteiger partial charge in [0.25, 0.3) is 14.1 Å². The summed E-state index contributed by atoms with van der Waals surface area (Å²) in [5.74, 6) is 7.73. The molecule has 1 heterocycles. The van der Waals surface area contributed by atoms with Gasteiger partial charge in [0.15, 0.2) is 0 Å². The van der Waals surface area contributed by atoms with Gasteiger partial charge in [-0.15, -0.1) is 0 Å². The van der Waals surface area contributed by atoms with Crippen LogP contribution in [0.25, 0.3) is 0 Å². The van der Waals surface area contributed by atoms with Crippen LogP contribution < -0.4 is 15.0 Å². The molecule has 1 unspecified atom stereocenters. The van der Waals surface area contributed by atoms with Crippen molar-refractivity contribution < 1.29 is 23.3 Å². The number of hydrogen-bond donors (Lipinski definition) is 1. The Labute approximate surface area is 326 Å². The minimum absolute atomic E-state index is 0.0684. The summed E-state index contributed by atoms with van der Waals surface area (Å²) < 4.78 is 33.6. The molecule has 2 atom stereocenters. The van der Waals surface area contributed by atoms with Crippen molar-refractivity contribution in [3.63, 3.8) is 0 Å². The van der Waals surface area contributed by atoms with Crippen LogP contribution in [-0.4, -0.2) is 85.6 Å². The molecule has 3 aromatic carbocycles. The highest BCUT2D eigenvalue weighted by Gasteiger charge is 2.39. The minimum atomic E-state index is -1.67. The number of nitrogens with one attached hydrogen (secondary N) is 1. The lowest BCUT2D eigenvalue weighted by atomic mass is 9.80. The van der Waals surface area contributed by atoms with Gasteiger partial charge in [0.2, 0.25) is 5.95 Å². The number of aromatic nitrogens is 2. The van der Waals surface area contributed by atoms with E-state index in [1.807, 2.05) is 93.0 Å². The number of rotatable bonds is 19. The molecule has 0 aliphatic heterocycles. The average molecular weight is 767 g/mol. The normalized spacial score (nSPS) is 12.7. The number of aliphatic imine (C=N–C) groups is 1. The van der Waals surface area contributed by atoms with Gasteiger partial charge < -0.3 is 33.1 Å². The van der Waals surface area contributed by atoms with Crippen LogP contribution in [0.1, 0.15) is 62.8 Å². The lowest BCUT2D eigenvalue weighted by Crippen LogP contribution is -2.38. The third kappa shape index (κ3) is 11.7. The number of hydrogen-bond acceptors (Lipinski definition) is 10. The first-order chi connectivity index (χ1) is 26.5. The largest absolute Gasteiger partial charge is 0.497 e. The van der Waals surface area contributed by atoms with E-state index in [9.17, 15) is 10.1 Å². The summed E-state index contributed by atoms with van der Waals surface area (Å²) in [6.45, 7) is 8.59. The lowest BCUT2D eigenvalue weighted by molar-refractivity contribution is -0.0328. The number of methoxy groups -OCH3 is 2. The van der Waals surface area contributed by atoms with Gasteiger partial charge in [0, 0.05) is 38.8 Å². The molecule has 12 nitrogen and oxygen atoms in total. The van der Waals surface area contributed by atoms with Gasteiger partial charge in [-0.05, 0) is 68.7 Å². The SMILES string of the molecule is COc1ccc(C(OC[C@H](CC#Cc2c[nH]c(N=CN(C)C)nc2=O)OP(OCCC#N)N(C(C)C)C(C)C)(c2ccccc2)c2ccc(OC)cc2)cc1. The smallest absolute Gasteiger partial charge is 0.290 e. The fraction of sp³-hybridized carbons (Fsp3) is 0.381. The van der Waals surface area contributed by atoms with Gasteiger partial charge in [-0.25, -0.2) is 9.66 Å². The molecular weight excluding hydrogens is 715 g/mol. The van der Waals surface area contributed by atoms with E-state index >= 15 is 0 Å². The first-order valence-corrected chi connectivity index (χ1v) is 19.2. The molecule has 4 rings (SSSR count). The maximum atomic E-state index is 12.9. The van der Waals surface area contributed by atoms with Crippen LogP contribution in [0.15, 0.2) is 94.8 Å². The molecule has 0 aliphatic rings.